The van der Waals surface area contributed by atoms with Gasteiger partial charge in [-0.1, -0.05) is 60.6 Å². The predicted molar refractivity (Wildman–Crippen MR) is 112 cm³/mol. The Morgan fingerprint density at radius 3 is 2.08 bits per heavy atom. The van der Waals surface area contributed by atoms with Crippen molar-refractivity contribution in [3.05, 3.63) is 24.0 Å². The van der Waals surface area contributed by atoms with Crippen molar-refractivity contribution in [1.29, 1.82) is 0 Å². The number of hydrogen-bond donors (Lipinski definition) is 1. The molecule has 1 heteroatoms. The van der Waals surface area contributed by atoms with Crippen LogP contribution in [0.5, 0.6) is 0 Å². The summed E-state index contributed by atoms with van der Waals surface area (Å²) in [5.74, 6) is 2.75. The number of rotatable bonds is 1. The third kappa shape index (κ3) is 4.34. The van der Waals surface area contributed by atoms with E-state index in [1.807, 2.05) is 13.8 Å². The molecule has 146 valence electrons. The van der Waals surface area contributed by atoms with E-state index in [0.29, 0.717) is 17.3 Å². The molecular weight excluding hydrogens is 304 g/mol. The van der Waals surface area contributed by atoms with Crippen LogP contribution in [0.2, 0.25) is 0 Å². The van der Waals surface area contributed by atoms with Gasteiger partial charge in [0.2, 0.25) is 0 Å². The molecule has 2 rings (SSSR count). The second-order valence-corrected chi connectivity index (χ2v) is 8.97. The van der Waals surface area contributed by atoms with Gasteiger partial charge in [-0.2, -0.15) is 0 Å². The van der Waals surface area contributed by atoms with E-state index < -0.39 is 0 Å². The second kappa shape index (κ2) is 9.28. The molecule has 0 aromatic heterocycles. The van der Waals surface area contributed by atoms with Gasteiger partial charge in [-0.15, -0.1) is 0 Å². The minimum Gasteiger partial charge on any atom is -0.516 e. The number of allylic oxidation sites excluding steroid dienone is 3. The number of aliphatic hydroxyl groups excluding tert-OH is 1. The van der Waals surface area contributed by atoms with Crippen LogP contribution in [-0.4, -0.2) is 5.11 Å². The standard InChI is InChI=1S/C22H38O.C2H6/c1-7-13-22(6)18(4)12-14-21(5)17(3)9-11-19(21)10-8-16(2)20(22)15-23;1-2/h7,13,15-19,23H,8-12,14H2,1-6H3;1-2H3/b13-7-,20-15-;. The number of fused-ring (bicyclic) bond motifs is 1. The zero-order chi connectivity index (χ0) is 19.3. The molecule has 1 nitrogen and oxygen atoms in total. The maximum absolute atomic E-state index is 10.0. The van der Waals surface area contributed by atoms with Crippen molar-refractivity contribution in [3.8, 4) is 0 Å². The molecule has 0 heterocycles. The van der Waals surface area contributed by atoms with Crippen LogP contribution >= 0.6 is 0 Å². The molecule has 2 fully saturated rings. The van der Waals surface area contributed by atoms with Crippen LogP contribution in [0.15, 0.2) is 24.0 Å². The Morgan fingerprint density at radius 1 is 0.920 bits per heavy atom. The molecule has 6 unspecified atom stereocenters. The summed E-state index contributed by atoms with van der Waals surface area (Å²) in [5, 5.41) is 10.0. The van der Waals surface area contributed by atoms with Crippen LogP contribution in [0.3, 0.4) is 0 Å². The smallest absolute Gasteiger partial charge is 0.0795 e. The molecule has 6 atom stereocenters. The van der Waals surface area contributed by atoms with Gasteiger partial charge in [0.1, 0.15) is 0 Å². The van der Waals surface area contributed by atoms with Crippen molar-refractivity contribution in [2.45, 2.75) is 93.9 Å². The molecule has 0 aliphatic heterocycles. The van der Waals surface area contributed by atoms with Gasteiger partial charge in [-0.25, -0.2) is 0 Å². The lowest BCUT2D eigenvalue weighted by molar-refractivity contribution is 0.108. The van der Waals surface area contributed by atoms with Crippen LogP contribution in [-0.2, 0) is 0 Å². The van der Waals surface area contributed by atoms with E-state index in [9.17, 15) is 5.11 Å². The van der Waals surface area contributed by atoms with Gasteiger partial charge in [0.15, 0.2) is 0 Å². The van der Waals surface area contributed by atoms with Crippen LogP contribution in [0.4, 0.5) is 0 Å². The predicted octanol–water partition coefficient (Wildman–Crippen LogP) is 7.94. The Balaban J connectivity index is 0.00000151. The molecule has 2 aliphatic rings. The summed E-state index contributed by atoms with van der Waals surface area (Å²) in [6.07, 6.45) is 13.8. The third-order valence-corrected chi connectivity index (χ3v) is 7.90. The molecule has 2 aliphatic carbocycles. The number of aliphatic hydroxyl groups is 1. The van der Waals surface area contributed by atoms with Crippen molar-refractivity contribution in [1.82, 2.24) is 0 Å². The fourth-order valence-corrected chi connectivity index (χ4v) is 5.56. The minimum absolute atomic E-state index is 0.0199. The molecule has 0 saturated heterocycles. The molecule has 0 amide bonds. The Morgan fingerprint density at radius 2 is 1.52 bits per heavy atom. The molecule has 0 spiro atoms. The molecule has 0 radical (unpaired) electrons. The molecule has 1 N–H and O–H groups in total. The van der Waals surface area contributed by atoms with E-state index in [1.165, 1.54) is 50.4 Å². The second-order valence-electron chi connectivity index (χ2n) is 8.97. The lowest BCUT2D eigenvalue weighted by Crippen LogP contribution is -2.35. The highest BCUT2D eigenvalue weighted by atomic mass is 16.2. The Hall–Kier alpha value is -0.720. The first-order valence-electron chi connectivity index (χ1n) is 10.8. The monoisotopic (exact) mass is 348 g/mol. The van der Waals surface area contributed by atoms with Crippen LogP contribution in [0.25, 0.3) is 0 Å². The SMILES string of the molecule is C/C=C\C1(C)/C(=C\O)C(C)CCC2CCC(C)C2(C)CCC1C.CC. The zero-order valence-corrected chi connectivity index (χ0v) is 18.2. The molecule has 0 aromatic carbocycles. The lowest BCUT2D eigenvalue weighted by Gasteiger charge is -2.44. The van der Waals surface area contributed by atoms with Gasteiger partial charge in [-0.3, -0.25) is 0 Å². The van der Waals surface area contributed by atoms with Crippen molar-refractivity contribution in [3.63, 3.8) is 0 Å². The average molecular weight is 349 g/mol. The van der Waals surface area contributed by atoms with Gasteiger partial charge in [0.05, 0.1) is 6.26 Å². The normalized spacial score (nSPS) is 44.2. The molecule has 0 bridgehead atoms. The minimum atomic E-state index is -0.0199. The van der Waals surface area contributed by atoms with Crippen LogP contribution in [0, 0.1) is 34.5 Å². The van der Waals surface area contributed by atoms with Crippen molar-refractivity contribution in [2.24, 2.45) is 34.5 Å². The molecule has 0 aromatic rings. The molecule has 25 heavy (non-hydrogen) atoms. The molecular formula is C24H44O. The van der Waals surface area contributed by atoms with Gasteiger partial charge in [0.25, 0.3) is 0 Å². The van der Waals surface area contributed by atoms with Crippen LogP contribution in [0.1, 0.15) is 93.9 Å². The summed E-state index contributed by atoms with van der Waals surface area (Å²) in [4.78, 5) is 0. The van der Waals surface area contributed by atoms with E-state index >= 15 is 0 Å². The fraction of sp³-hybridized carbons (Fsp3) is 0.833. The quantitative estimate of drug-likeness (QED) is 0.376. The van der Waals surface area contributed by atoms with Gasteiger partial charge in [0, 0.05) is 5.41 Å². The maximum atomic E-state index is 10.0. The summed E-state index contributed by atoms with van der Waals surface area (Å²) < 4.78 is 0. The van der Waals surface area contributed by atoms with E-state index in [-0.39, 0.29) is 5.41 Å². The largest absolute Gasteiger partial charge is 0.516 e. The number of hydrogen-bond acceptors (Lipinski definition) is 1. The van der Waals surface area contributed by atoms with E-state index in [1.54, 1.807) is 0 Å². The van der Waals surface area contributed by atoms with E-state index in [2.05, 4.69) is 53.7 Å². The first kappa shape index (κ1) is 22.3. The first-order chi connectivity index (χ1) is 11.8. The Labute approximate surface area is 158 Å². The summed E-state index contributed by atoms with van der Waals surface area (Å²) in [6, 6.07) is 0. The summed E-state index contributed by atoms with van der Waals surface area (Å²) in [6.45, 7) is 18.2. The van der Waals surface area contributed by atoms with Gasteiger partial charge >= 0.3 is 0 Å². The summed E-state index contributed by atoms with van der Waals surface area (Å²) in [5.41, 5.74) is 1.73. The van der Waals surface area contributed by atoms with Crippen molar-refractivity contribution < 1.29 is 5.11 Å². The zero-order valence-electron chi connectivity index (χ0n) is 18.2. The highest BCUT2D eigenvalue weighted by Gasteiger charge is 2.46. The van der Waals surface area contributed by atoms with Gasteiger partial charge in [-0.05, 0) is 80.1 Å². The first-order valence-corrected chi connectivity index (χ1v) is 10.8. The highest BCUT2D eigenvalue weighted by molar-refractivity contribution is 5.23. The molecule has 2 saturated carbocycles. The maximum Gasteiger partial charge on any atom is 0.0795 e. The summed E-state index contributed by atoms with van der Waals surface area (Å²) in [7, 11) is 0. The van der Waals surface area contributed by atoms with Gasteiger partial charge < -0.3 is 5.11 Å². The Bertz CT molecular complexity index is 463. The lowest BCUT2D eigenvalue weighted by atomic mass is 9.61. The Kier molecular flexibility index (Phi) is 8.29. The highest BCUT2D eigenvalue weighted by Crippen LogP contribution is 2.55. The summed E-state index contributed by atoms with van der Waals surface area (Å²) >= 11 is 0. The van der Waals surface area contributed by atoms with Crippen molar-refractivity contribution >= 4 is 0 Å². The fourth-order valence-electron chi connectivity index (χ4n) is 5.56. The average Bonchev–Trinajstić information content (AvgIpc) is 2.88. The van der Waals surface area contributed by atoms with Crippen molar-refractivity contribution in [2.75, 3.05) is 0 Å². The third-order valence-electron chi connectivity index (χ3n) is 7.90. The van der Waals surface area contributed by atoms with Crippen LogP contribution < -0.4 is 0 Å². The topological polar surface area (TPSA) is 20.2 Å². The van der Waals surface area contributed by atoms with E-state index in [4.69, 9.17) is 0 Å². The van der Waals surface area contributed by atoms with E-state index in [0.717, 1.165) is 11.8 Å².